The molecule has 68 valence electrons. The Kier molecular flexibility index (Phi) is 5.89. The first-order valence-corrected chi connectivity index (χ1v) is 7.06. The lowest BCUT2D eigenvalue weighted by molar-refractivity contribution is 0.249. The van der Waals surface area contributed by atoms with Crippen LogP contribution in [0.1, 0.15) is 6.42 Å². The third kappa shape index (κ3) is 5.14. The molecule has 0 atom stereocenters. The maximum absolute atomic E-state index is 5.29. The first-order valence-electron chi connectivity index (χ1n) is 3.50. The summed E-state index contributed by atoms with van der Waals surface area (Å²) >= 11 is 8.33. The van der Waals surface area contributed by atoms with Crippen molar-refractivity contribution in [2.45, 2.75) is 23.6 Å². The van der Waals surface area contributed by atoms with Gasteiger partial charge in [-0.25, -0.2) is 0 Å². The molecule has 0 aromatic heterocycles. The van der Waals surface area contributed by atoms with Gasteiger partial charge < -0.3 is 8.85 Å². The smallest absolute Gasteiger partial charge is 0.334 e. The molecule has 0 saturated heterocycles. The normalized spacial score (nSPS) is 12.5. The van der Waals surface area contributed by atoms with Crippen molar-refractivity contribution in [1.29, 1.82) is 0 Å². The van der Waals surface area contributed by atoms with Crippen molar-refractivity contribution in [3.63, 3.8) is 0 Å². The van der Waals surface area contributed by atoms with E-state index in [1.165, 1.54) is 0 Å². The van der Waals surface area contributed by atoms with Gasteiger partial charge in [0.2, 0.25) is 0 Å². The summed E-state index contributed by atoms with van der Waals surface area (Å²) in [5, 5.41) is 0. The predicted molar refractivity (Wildman–Crippen MR) is 56.8 cm³/mol. The summed E-state index contributed by atoms with van der Waals surface area (Å²) in [6.07, 6.45) is 0.927. The molecule has 11 heavy (non-hydrogen) atoms. The molecule has 0 heterocycles. The van der Waals surface area contributed by atoms with Gasteiger partial charge in [0.15, 0.2) is 0 Å². The Morgan fingerprint density at radius 2 is 1.73 bits per heavy atom. The molecule has 0 saturated carbocycles. The van der Waals surface area contributed by atoms with Crippen LogP contribution in [0.25, 0.3) is 0 Å². The second kappa shape index (κ2) is 5.48. The molecule has 2 nitrogen and oxygen atoms in total. The third-order valence-corrected chi connectivity index (χ3v) is 5.16. The monoisotopic (exact) mass is 212 g/mol. The zero-order valence-corrected chi connectivity index (χ0v) is 9.99. The summed E-state index contributed by atoms with van der Waals surface area (Å²) in [7, 11) is 1.53. The molecule has 0 fully saturated rings. The van der Waals surface area contributed by atoms with E-state index in [9.17, 15) is 0 Å². The quantitative estimate of drug-likeness (QED) is 0.412. The van der Waals surface area contributed by atoms with E-state index in [1.54, 1.807) is 14.2 Å². The zero-order chi connectivity index (χ0) is 8.91. The van der Waals surface area contributed by atoms with Gasteiger partial charge in [0.05, 0.1) is 0 Å². The molecule has 0 aliphatic rings. The Morgan fingerprint density at radius 3 is 2.00 bits per heavy atom. The fraction of sp³-hybridized carbons (Fsp3) is 1.00. The zero-order valence-electron chi connectivity index (χ0n) is 7.20. The standard InChI is InChI=1S/C6H16O2S2Si/c1-7-11(3,8-2)5-4-6(9)10/h6,9-10H,4-5H2,1-3H3. The van der Waals surface area contributed by atoms with Crippen LogP contribution in [-0.4, -0.2) is 27.4 Å². The molecule has 0 aromatic carbocycles. The summed E-state index contributed by atoms with van der Waals surface area (Å²) < 4.78 is 10.7. The molecule has 0 spiro atoms. The largest absolute Gasteiger partial charge is 0.398 e. The second-order valence-corrected chi connectivity index (χ2v) is 7.80. The van der Waals surface area contributed by atoms with E-state index < -0.39 is 8.56 Å². The first kappa shape index (κ1) is 11.8. The predicted octanol–water partition coefficient (Wildman–Crippen LogP) is 1.93. The lowest BCUT2D eigenvalue weighted by atomic mass is 10.6. The van der Waals surface area contributed by atoms with E-state index in [2.05, 4.69) is 25.3 Å². The Hall–Kier alpha value is 0.837. The van der Waals surface area contributed by atoms with Crippen LogP contribution >= 0.6 is 25.3 Å². The van der Waals surface area contributed by atoms with E-state index >= 15 is 0 Å². The van der Waals surface area contributed by atoms with E-state index in [4.69, 9.17) is 8.85 Å². The van der Waals surface area contributed by atoms with Crippen LogP contribution in [0.2, 0.25) is 12.6 Å². The average molecular weight is 212 g/mol. The minimum Gasteiger partial charge on any atom is -0.398 e. The SMILES string of the molecule is CO[Si](C)(CCC(S)S)OC. The minimum absolute atomic E-state index is 0.132. The Bertz CT molecular complexity index is 107. The number of hydrogen-bond acceptors (Lipinski definition) is 4. The van der Waals surface area contributed by atoms with Crippen molar-refractivity contribution in [2.24, 2.45) is 0 Å². The van der Waals surface area contributed by atoms with Gasteiger partial charge in [-0.2, -0.15) is 25.3 Å². The maximum atomic E-state index is 5.29. The Labute approximate surface area is 80.7 Å². The highest BCUT2D eigenvalue weighted by Gasteiger charge is 2.28. The molecular weight excluding hydrogens is 196 g/mol. The maximum Gasteiger partial charge on any atom is 0.334 e. The van der Waals surface area contributed by atoms with Crippen molar-refractivity contribution in [1.82, 2.24) is 0 Å². The molecule has 0 aromatic rings. The van der Waals surface area contributed by atoms with Gasteiger partial charge in [0.25, 0.3) is 0 Å². The first-order chi connectivity index (χ1) is 5.04. The molecule has 0 N–H and O–H groups in total. The molecule has 0 amide bonds. The minimum atomic E-state index is -1.86. The summed E-state index contributed by atoms with van der Waals surface area (Å²) in [4.78, 5) is 0. The van der Waals surface area contributed by atoms with Crippen LogP contribution in [-0.2, 0) is 8.85 Å². The van der Waals surface area contributed by atoms with Crippen molar-refractivity contribution in [3.8, 4) is 0 Å². The Balaban J connectivity index is 3.69. The Morgan fingerprint density at radius 1 is 1.27 bits per heavy atom. The molecule has 0 aliphatic heterocycles. The highest BCUT2D eigenvalue weighted by Crippen LogP contribution is 2.18. The number of thiol groups is 2. The van der Waals surface area contributed by atoms with Gasteiger partial charge in [-0.15, -0.1) is 0 Å². The van der Waals surface area contributed by atoms with Gasteiger partial charge >= 0.3 is 8.56 Å². The fourth-order valence-electron chi connectivity index (χ4n) is 0.679. The van der Waals surface area contributed by atoms with Crippen molar-refractivity contribution >= 4 is 33.8 Å². The third-order valence-electron chi connectivity index (χ3n) is 1.72. The van der Waals surface area contributed by atoms with Crippen LogP contribution in [0, 0.1) is 0 Å². The van der Waals surface area contributed by atoms with E-state index in [0.29, 0.717) is 0 Å². The van der Waals surface area contributed by atoms with Gasteiger partial charge in [-0.1, -0.05) is 0 Å². The molecule has 0 radical (unpaired) electrons. The average Bonchev–Trinajstić information content (AvgIpc) is 2.00. The van der Waals surface area contributed by atoms with Crippen LogP contribution < -0.4 is 0 Å². The van der Waals surface area contributed by atoms with Crippen molar-refractivity contribution in [3.05, 3.63) is 0 Å². The lowest BCUT2D eigenvalue weighted by Gasteiger charge is -2.22. The van der Waals surface area contributed by atoms with E-state index in [1.807, 2.05) is 6.55 Å². The van der Waals surface area contributed by atoms with Gasteiger partial charge in [0.1, 0.15) is 0 Å². The molecule has 5 heteroatoms. The topological polar surface area (TPSA) is 18.5 Å². The number of rotatable bonds is 5. The van der Waals surface area contributed by atoms with Gasteiger partial charge in [-0.05, 0) is 19.0 Å². The molecule has 0 rings (SSSR count). The lowest BCUT2D eigenvalue weighted by Crippen LogP contribution is -2.36. The molecule has 0 aliphatic carbocycles. The van der Waals surface area contributed by atoms with E-state index in [0.717, 1.165) is 12.5 Å². The van der Waals surface area contributed by atoms with Crippen LogP contribution in [0.3, 0.4) is 0 Å². The number of hydrogen-bond donors (Lipinski definition) is 2. The van der Waals surface area contributed by atoms with Crippen LogP contribution in [0.4, 0.5) is 0 Å². The molecular formula is C6H16O2S2Si. The van der Waals surface area contributed by atoms with Gasteiger partial charge in [-0.3, -0.25) is 0 Å². The fourth-order valence-corrected chi connectivity index (χ4v) is 2.81. The van der Waals surface area contributed by atoms with Gasteiger partial charge in [0, 0.05) is 18.8 Å². The van der Waals surface area contributed by atoms with Crippen LogP contribution in [0.5, 0.6) is 0 Å². The second-order valence-electron chi connectivity index (χ2n) is 2.56. The van der Waals surface area contributed by atoms with Crippen LogP contribution in [0.15, 0.2) is 0 Å². The summed E-state index contributed by atoms with van der Waals surface area (Å²) in [6, 6.07) is 0.942. The highest BCUT2D eigenvalue weighted by atomic mass is 32.2. The highest BCUT2D eigenvalue weighted by molar-refractivity contribution is 7.99. The van der Waals surface area contributed by atoms with E-state index in [-0.39, 0.29) is 4.58 Å². The molecule has 0 unspecified atom stereocenters. The molecule has 0 bridgehead atoms. The summed E-state index contributed by atoms with van der Waals surface area (Å²) in [6.45, 7) is 2.04. The summed E-state index contributed by atoms with van der Waals surface area (Å²) in [5.41, 5.74) is 0. The summed E-state index contributed by atoms with van der Waals surface area (Å²) in [5.74, 6) is 0. The van der Waals surface area contributed by atoms with Crippen molar-refractivity contribution < 1.29 is 8.85 Å². The van der Waals surface area contributed by atoms with Crippen molar-refractivity contribution in [2.75, 3.05) is 14.2 Å².